The van der Waals surface area contributed by atoms with Crippen LogP contribution in [0.4, 0.5) is 17.3 Å². The first kappa shape index (κ1) is 24.3. The van der Waals surface area contributed by atoms with Gasteiger partial charge in [-0.15, -0.1) is 0 Å². The average molecular weight is 531 g/mol. The van der Waals surface area contributed by atoms with Gasteiger partial charge in [-0.05, 0) is 48.0 Å². The Morgan fingerprint density at radius 1 is 1.11 bits per heavy atom. The number of carbonyl (C=O) groups is 1. The molecule has 194 valence electrons. The van der Waals surface area contributed by atoms with E-state index >= 15 is 0 Å². The molecule has 0 saturated heterocycles. The zero-order valence-corrected chi connectivity index (χ0v) is 21.6. The summed E-state index contributed by atoms with van der Waals surface area (Å²) in [6, 6.07) is 14.5. The highest BCUT2D eigenvalue weighted by atomic mass is 32.2. The van der Waals surface area contributed by atoms with Crippen LogP contribution in [0.25, 0.3) is 10.9 Å². The van der Waals surface area contributed by atoms with E-state index in [0.717, 1.165) is 41.3 Å². The van der Waals surface area contributed by atoms with Crippen LogP contribution in [-0.4, -0.2) is 61.8 Å². The number of likely N-dealkylation sites (N-methyl/N-ethyl adjacent to an activating group) is 1. The molecule has 2 aliphatic heterocycles. The SMILES string of the molecule is CN1CCN(c2ccc3cnc(CNC(=O)c4ccc5c(c4)S(=O)(=O)CCOC5)cc3n2)c2ncccc21. The van der Waals surface area contributed by atoms with E-state index in [2.05, 4.69) is 32.1 Å². The lowest BCUT2D eigenvalue weighted by molar-refractivity contribution is 0.0950. The molecule has 0 spiro atoms. The Morgan fingerprint density at radius 3 is 2.89 bits per heavy atom. The quantitative estimate of drug-likeness (QED) is 0.425. The minimum Gasteiger partial charge on any atom is -0.376 e. The number of hydrogen-bond acceptors (Lipinski definition) is 9. The number of ether oxygens (including phenoxy) is 1. The van der Waals surface area contributed by atoms with Gasteiger partial charge in [0.2, 0.25) is 0 Å². The molecule has 0 unspecified atom stereocenters. The summed E-state index contributed by atoms with van der Waals surface area (Å²) in [4.78, 5) is 31.2. The summed E-state index contributed by atoms with van der Waals surface area (Å²) in [6.07, 6.45) is 3.52. The predicted octanol–water partition coefficient (Wildman–Crippen LogP) is 2.85. The fourth-order valence-corrected chi connectivity index (χ4v) is 6.12. The Labute approximate surface area is 220 Å². The van der Waals surface area contributed by atoms with Gasteiger partial charge < -0.3 is 19.9 Å². The van der Waals surface area contributed by atoms with Crippen LogP contribution in [0.1, 0.15) is 21.6 Å². The minimum absolute atomic E-state index is 0.100. The molecule has 0 saturated carbocycles. The summed E-state index contributed by atoms with van der Waals surface area (Å²) in [5.41, 5.74) is 3.29. The first-order valence-corrected chi connectivity index (χ1v) is 14.0. The molecular weight excluding hydrogens is 504 g/mol. The van der Waals surface area contributed by atoms with Crippen LogP contribution in [0.5, 0.6) is 0 Å². The van der Waals surface area contributed by atoms with Gasteiger partial charge in [-0.1, -0.05) is 6.07 Å². The standard InChI is InChI=1S/C27H26N6O4S/c1-32-9-10-33(26-23(32)3-2-8-28-26)25-7-6-19-15-29-21(14-22(19)31-25)16-30-27(34)18-4-5-20-17-37-11-12-38(35,36)24(20)13-18/h2-8,13-15H,9-12,16-17H2,1H3,(H,30,34). The number of carbonyl (C=O) groups excluding carboxylic acids is 1. The van der Waals surface area contributed by atoms with Gasteiger partial charge in [-0.3, -0.25) is 9.78 Å². The van der Waals surface area contributed by atoms with Crippen molar-refractivity contribution in [3.8, 4) is 0 Å². The number of sulfone groups is 1. The first-order chi connectivity index (χ1) is 18.4. The zero-order chi connectivity index (χ0) is 26.3. The zero-order valence-electron chi connectivity index (χ0n) is 20.8. The minimum atomic E-state index is -3.50. The maximum absolute atomic E-state index is 12.9. The Balaban J connectivity index is 1.22. The molecule has 2 aliphatic rings. The van der Waals surface area contributed by atoms with Crippen molar-refractivity contribution in [2.24, 2.45) is 0 Å². The fourth-order valence-electron chi connectivity index (χ4n) is 4.73. The molecule has 11 heteroatoms. The van der Waals surface area contributed by atoms with E-state index in [9.17, 15) is 13.2 Å². The lowest BCUT2D eigenvalue weighted by Gasteiger charge is -2.35. The maximum atomic E-state index is 12.9. The van der Waals surface area contributed by atoms with Gasteiger partial charge in [0.05, 0.1) is 47.3 Å². The second kappa shape index (κ2) is 9.66. The smallest absolute Gasteiger partial charge is 0.251 e. The Kier molecular flexibility index (Phi) is 6.16. The molecule has 0 atom stereocenters. The van der Waals surface area contributed by atoms with Crippen LogP contribution in [0.3, 0.4) is 0 Å². The number of rotatable bonds is 4. The second-order valence-corrected chi connectivity index (χ2v) is 11.4. The summed E-state index contributed by atoms with van der Waals surface area (Å²) in [5, 5.41) is 3.73. The summed E-state index contributed by atoms with van der Waals surface area (Å²) in [7, 11) is -1.45. The van der Waals surface area contributed by atoms with Gasteiger partial charge in [0.1, 0.15) is 5.82 Å². The van der Waals surface area contributed by atoms with Gasteiger partial charge >= 0.3 is 0 Å². The fraction of sp³-hybridized carbons (Fsp3) is 0.259. The number of anilines is 3. The summed E-state index contributed by atoms with van der Waals surface area (Å²) in [5.74, 6) is 1.18. The number of benzene rings is 1. The molecule has 10 nitrogen and oxygen atoms in total. The van der Waals surface area contributed by atoms with Crippen molar-refractivity contribution in [2.45, 2.75) is 18.0 Å². The molecule has 38 heavy (non-hydrogen) atoms. The van der Waals surface area contributed by atoms with Crippen molar-refractivity contribution in [1.82, 2.24) is 20.3 Å². The molecule has 0 radical (unpaired) electrons. The van der Waals surface area contributed by atoms with E-state index in [1.807, 2.05) is 30.3 Å². The lowest BCUT2D eigenvalue weighted by Crippen LogP contribution is -2.37. The van der Waals surface area contributed by atoms with Gasteiger partial charge in [0.15, 0.2) is 15.7 Å². The van der Waals surface area contributed by atoms with Gasteiger partial charge in [0, 0.05) is 43.5 Å². The van der Waals surface area contributed by atoms with Crippen LogP contribution in [0, 0.1) is 0 Å². The number of hydrogen-bond donors (Lipinski definition) is 1. The molecule has 1 N–H and O–H groups in total. The van der Waals surface area contributed by atoms with Gasteiger partial charge in [-0.25, -0.2) is 18.4 Å². The van der Waals surface area contributed by atoms with Crippen LogP contribution in [0.2, 0.25) is 0 Å². The van der Waals surface area contributed by atoms with E-state index < -0.39 is 9.84 Å². The summed E-state index contributed by atoms with van der Waals surface area (Å²) < 4.78 is 30.5. The topological polar surface area (TPSA) is 118 Å². The van der Waals surface area contributed by atoms with Crippen molar-refractivity contribution in [1.29, 1.82) is 0 Å². The monoisotopic (exact) mass is 530 g/mol. The molecule has 0 aliphatic carbocycles. The lowest BCUT2D eigenvalue weighted by atomic mass is 10.1. The summed E-state index contributed by atoms with van der Waals surface area (Å²) >= 11 is 0. The van der Waals surface area contributed by atoms with Crippen molar-refractivity contribution >= 4 is 44.0 Å². The first-order valence-electron chi connectivity index (χ1n) is 12.3. The highest BCUT2D eigenvalue weighted by Crippen LogP contribution is 2.34. The van der Waals surface area contributed by atoms with Gasteiger partial charge in [-0.2, -0.15) is 0 Å². The second-order valence-electron chi connectivity index (χ2n) is 9.33. The number of pyridine rings is 3. The molecular formula is C27H26N6O4S. The van der Waals surface area contributed by atoms with E-state index in [1.54, 1.807) is 24.5 Å². The average Bonchev–Trinajstić information content (AvgIpc) is 3.09. The van der Waals surface area contributed by atoms with E-state index in [1.165, 1.54) is 6.07 Å². The number of nitrogens with one attached hydrogen (secondary N) is 1. The Morgan fingerprint density at radius 2 is 2.00 bits per heavy atom. The Bertz CT molecular complexity index is 1660. The van der Waals surface area contributed by atoms with Crippen LogP contribution in [0.15, 0.2) is 65.8 Å². The van der Waals surface area contributed by atoms with Crippen molar-refractivity contribution < 1.29 is 17.9 Å². The largest absolute Gasteiger partial charge is 0.376 e. The van der Waals surface area contributed by atoms with Crippen LogP contribution < -0.4 is 15.1 Å². The number of fused-ring (bicyclic) bond motifs is 3. The molecule has 5 heterocycles. The summed E-state index contributed by atoms with van der Waals surface area (Å²) in [6.45, 7) is 2.13. The van der Waals surface area contributed by atoms with Crippen molar-refractivity contribution in [3.63, 3.8) is 0 Å². The third-order valence-electron chi connectivity index (χ3n) is 6.83. The third-order valence-corrected chi connectivity index (χ3v) is 8.59. The normalized spacial score (nSPS) is 16.4. The van der Waals surface area contributed by atoms with Crippen LogP contribution in [-0.2, 0) is 27.7 Å². The maximum Gasteiger partial charge on any atom is 0.251 e. The highest BCUT2D eigenvalue weighted by molar-refractivity contribution is 7.91. The molecule has 1 aromatic carbocycles. The van der Waals surface area contributed by atoms with E-state index in [-0.39, 0.29) is 41.9 Å². The highest BCUT2D eigenvalue weighted by Gasteiger charge is 2.25. The Hall–Kier alpha value is -4.09. The third kappa shape index (κ3) is 4.54. The molecule has 3 aromatic heterocycles. The van der Waals surface area contributed by atoms with Crippen molar-refractivity contribution in [2.75, 3.05) is 42.3 Å². The number of aromatic nitrogens is 3. The molecule has 6 rings (SSSR count). The molecule has 0 fully saturated rings. The molecule has 0 bridgehead atoms. The van der Waals surface area contributed by atoms with Gasteiger partial charge in [0.25, 0.3) is 5.91 Å². The van der Waals surface area contributed by atoms with E-state index in [4.69, 9.17) is 9.72 Å². The predicted molar refractivity (Wildman–Crippen MR) is 143 cm³/mol. The molecule has 4 aromatic rings. The van der Waals surface area contributed by atoms with Crippen molar-refractivity contribution in [3.05, 3.63) is 77.7 Å². The number of nitrogens with zero attached hydrogens (tertiary/aromatic N) is 5. The van der Waals surface area contributed by atoms with Crippen LogP contribution >= 0.6 is 0 Å². The molecule has 1 amide bonds. The number of amides is 1. The van der Waals surface area contributed by atoms with E-state index in [0.29, 0.717) is 11.3 Å².